The highest BCUT2D eigenvalue weighted by molar-refractivity contribution is 5.81. The molecule has 2 saturated heterocycles. The third kappa shape index (κ3) is 2.10. The first-order valence-corrected chi connectivity index (χ1v) is 8.02. The van der Waals surface area contributed by atoms with Crippen LogP contribution in [0.4, 0.5) is 0 Å². The van der Waals surface area contributed by atoms with E-state index in [2.05, 4.69) is 21.3 Å². The summed E-state index contributed by atoms with van der Waals surface area (Å²) in [6, 6.07) is 8.20. The van der Waals surface area contributed by atoms with Gasteiger partial charge in [0.05, 0.1) is 19.1 Å². The van der Waals surface area contributed by atoms with E-state index >= 15 is 0 Å². The number of carbonyl (C=O) groups excluding carboxylic acids is 1. The van der Waals surface area contributed by atoms with E-state index < -0.39 is 0 Å². The molecule has 3 aliphatic rings. The number of benzene rings is 1. The summed E-state index contributed by atoms with van der Waals surface area (Å²) in [4.78, 5) is 12.5. The van der Waals surface area contributed by atoms with Crippen molar-refractivity contribution in [2.45, 2.75) is 43.9 Å². The maximum atomic E-state index is 12.5. The number of amides is 1. The van der Waals surface area contributed by atoms with Crippen LogP contribution < -0.4 is 21.0 Å². The quantitative estimate of drug-likeness (QED) is 0.763. The Kier molecular flexibility index (Phi) is 3.52. The Morgan fingerprint density at radius 2 is 2.05 bits per heavy atom. The summed E-state index contributed by atoms with van der Waals surface area (Å²) in [7, 11) is 1.68. The number of hydrogen-bond donors (Lipinski definition) is 3. The molecule has 0 aromatic heterocycles. The van der Waals surface area contributed by atoms with Crippen molar-refractivity contribution in [3.05, 3.63) is 29.8 Å². The number of carbonyl (C=O) groups is 1. The lowest BCUT2D eigenvalue weighted by Crippen LogP contribution is -2.64. The summed E-state index contributed by atoms with van der Waals surface area (Å²) < 4.78 is 5.47. The van der Waals surface area contributed by atoms with E-state index in [1.165, 1.54) is 6.42 Å². The first-order valence-electron chi connectivity index (χ1n) is 8.02. The number of hydrogen-bond acceptors (Lipinski definition) is 5. The van der Waals surface area contributed by atoms with E-state index in [0.29, 0.717) is 0 Å². The van der Waals surface area contributed by atoms with E-state index in [1.54, 1.807) is 7.11 Å². The normalized spacial score (nSPS) is 34.7. The average molecular weight is 302 g/mol. The standard InChI is InChI=1S/C16H22N4O2/c1-22-13-9-5-3-7-11(13)14-15-17-16(21)10-6-2-4-8-12(10)20(15)19-18-14/h3,5,7,9-10,12,14-15,18-19H,2,4,6,8H2,1H3,(H,17,21). The smallest absolute Gasteiger partial charge is 0.226 e. The van der Waals surface area contributed by atoms with Crippen molar-refractivity contribution in [1.82, 2.24) is 21.3 Å². The van der Waals surface area contributed by atoms with Crippen LogP contribution in [-0.4, -0.2) is 30.2 Å². The molecule has 6 nitrogen and oxygen atoms in total. The summed E-state index contributed by atoms with van der Waals surface area (Å²) in [5, 5.41) is 5.38. The maximum absolute atomic E-state index is 12.5. The fourth-order valence-electron chi connectivity index (χ4n) is 4.07. The molecule has 3 fully saturated rings. The molecule has 4 rings (SSSR count). The second-order valence-corrected chi connectivity index (χ2v) is 6.29. The SMILES string of the molecule is COc1ccccc1C1NNN2C3CCCCC3C(=O)NC12. The summed E-state index contributed by atoms with van der Waals surface area (Å²) in [5.41, 5.74) is 7.67. The van der Waals surface area contributed by atoms with Gasteiger partial charge < -0.3 is 10.1 Å². The molecule has 2 heterocycles. The largest absolute Gasteiger partial charge is 0.496 e. The van der Waals surface area contributed by atoms with Crippen molar-refractivity contribution in [3.8, 4) is 5.75 Å². The summed E-state index contributed by atoms with van der Waals surface area (Å²) in [5.74, 6) is 1.13. The van der Waals surface area contributed by atoms with Crippen molar-refractivity contribution in [1.29, 1.82) is 0 Å². The number of nitrogens with zero attached hydrogens (tertiary/aromatic N) is 1. The minimum atomic E-state index is -0.0804. The lowest BCUT2D eigenvalue weighted by molar-refractivity contribution is -0.139. The third-order valence-electron chi connectivity index (χ3n) is 5.15. The Labute approximate surface area is 130 Å². The zero-order chi connectivity index (χ0) is 15.1. The van der Waals surface area contributed by atoms with Crippen LogP contribution in [0.5, 0.6) is 5.75 Å². The molecular weight excluding hydrogens is 280 g/mol. The van der Waals surface area contributed by atoms with Crippen LogP contribution in [0.25, 0.3) is 0 Å². The minimum Gasteiger partial charge on any atom is -0.496 e. The maximum Gasteiger partial charge on any atom is 0.226 e. The number of fused-ring (bicyclic) bond motifs is 3. The van der Waals surface area contributed by atoms with Crippen LogP contribution in [0.1, 0.15) is 37.3 Å². The van der Waals surface area contributed by atoms with Gasteiger partial charge in [0.1, 0.15) is 11.9 Å². The molecule has 0 radical (unpaired) electrons. The minimum absolute atomic E-state index is 0.0250. The Balaban J connectivity index is 1.64. The van der Waals surface area contributed by atoms with Gasteiger partial charge >= 0.3 is 0 Å². The molecular formula is C16H22N4O2. The Hall–Kier alpha value is -1.63. The highest BCUT2D eigenvalue weighted by Gasteiger charge is 2.49. The number of rotatable bonds is 2. The Morgan fingerprint density at radius 3 is 2.91 bits per heavy atom. The third-order valence-corrected chi connectivity index (χ3v) is 5.15. The second kappa shape index (κ2) is 5.53. The summed E-state index contributed by atoms with van der Waals surface area (Å²) in [6.07, 6.45) is 4.32. The second-order valence-electron chi connectivity index (χ2n) is 6.29. The van der Waals surface area contributed by atoms with E-state index in [4.69, 9.17) is 4.74 Å². The number of ether oxygens (including phenoxy) is 1. The first kappa shape index (κ1) is 14.0. The van der Waals surface area contributed by atoms with E-state index in [9.17, 15) is 4.79 Å². The van der Waals surface area contributed by atoms with Crippen molar-refractivity contribution in [2.24, 2.45) is 5.92 Å². The molecule has 1 amide bonds. The number of nitrogens with one attached hydrogen (secondary N) is 3. The molecule has 4 unspecified atom stereocenters. The molecule has 118 valence electrons. The molecule has 1 aromatic carbocycles. The number of methoxy groups -OCH3 is 1. The Morgan fingerprint density at radius 1 is 1.23 bits per heavy atom. The van der Waals surface area contributed by atoms with Crippen molar-refractivity contribution in [2.75, 3.05) is 7.11 Å². The van der Waals surface area contributed by atoms with Crippen molar-refractivity contribution < 1.29 is 9.53 Å². The van der Waals surface area contributed by atoms with Gasteiger partial charge in [0, 0.05) is 11.6 Å². The van der Waals surface area contributed by atoms with Crippen LogP contribution >= 0.6 is 0 Å². The molecule has 3 N–H and O–H groups in total. The van der Waals surface area contributed by atoms with Crippen LogP contribution in [-0.2, 0) is 4.79 Å². The molecule has 22 heavy (non-hydrogen) atoms. The van der Waals surface area contributed by atoms with E-state index in [0.717, 1.165) is 30.6 Å². The van der Waals surface area contributed by atoms with Gasteiger partial charge in [-0.3, -0.25) is 4.79 Å². The highest BCUT2D eigenvalue weighted by Crippen LogP contribution is 2.38. The predicted molar refractivity (Wildman–Crippen MR) is 81.5 cm³/mol. The molecule has 2 aliphatic heterocycles. The van der Waals surface area contributed by atoms with E-state index in [1.807, 2.05) is 24.3 Å². The highest BCUT2D eigenvalue weighted by atomic mass is 16.5. The van der Waals surface area contributed by atoms with Gasteiger partial charge in [-0.25, -0.2) is 10.4 Å². The zero-order valence-corrected chi connectivity index (χ0v) is 12.7. The molecule has 0 spiro atoms. The first-order chi connectivity index (χ1) is 10.8. The van der Waals surface area contributed by atoms with Crippen LogP contribution in [0, 0.1) is 5.92 Å². The van der Waals surface area contributed by atoms with Gasteiger partial charge in [0.2, 0.25) is 5.91 Å². The summed E-state index contributed by atoms with van der Waals surface area (Å²) in [6.45, 7) is 0. The average Bonchev–Trinajstić information content (AvgIpc) is 2.99. The zero-order valence-electron chi connectivity index (χ0n) is 12.7. The lowest BCUT2D eigenvalue weighted by atomic mass is 9.81. The molecule has 0 bridgehead atoms. The van der Waals surface area contributed by atoms with Crippen molar-refractivity contribution in [3.63, 3.8) is 0 Å². The molecule has 1 saturated carbocycles. The summed E-state index contributed by atoms with van der Waals surface area (Å²) >= 11 is 0. The van der Waals surface area contributed by atoms with Gasteiger partial charge in [-0.2, -0.15) is 5.53 Å². The Bertz CT molecular complexity index is 579. The van der Waals surface area contributed by atoms with Gasteiger partial charge in [0.25, 0.3) is 0 Å². The molecule has 1 aliphatic carbocycles. The lowest BCUT2D eigenvalue weighted by Gasteiger charge is -2.44. The van der Waals surface area contributed by atoms with Gasteiger partial charge in [-0.15, -0.1) is 0 Å². The van der Waals surface area contributed by atoms with Crippen LogP contribution in [0.15, 0.2) is 24.3 Å². The topological polar surface area (TPSA) is 65.6 Å². The van der Waals surface area contributed by atoms with Gasteiger partial charge in [0.15, 0.2) is 0 Å². The fourth-order valence-corrected chi connectivity index (χ4v) is 4.07. The van der Waals surface area contributed by atoms with Crippen LogP contribution in [0.2, 0.25) is 0 Å². The number of para-hydroxylation sites is 1. The molecule has 1 aromatic rings. The molecule has 6 heteroatoms. The van der Waals surface area contributed by atoms with Crippen LogP contribution in [0.3, 0.4) is 0 Å². The predicted octanol–water partition coefficient (Wildman–Crippen LogP) is 1.08. The van der Waals surface area contributed by atoms with Crippen molar-refractivity contribution >= 4 is 5.91 Å². The van der Waals surface area contributed by atoms with Gasteiger partial charge in [-0.1, -0.05) is 31.0 Å². The fraction of sp³-hybridized carbons (Fsp3) is 0.562. The molecule has 4 atom stereocenters. The number of hydrazine groups is 2. The monoisotopic (exact) mass is 302 g/mol. The van der Waals surface area contributed by atoms with E-state index in [-0.39, 0.29) is 30.1 Å². The van der Waals surface area contributed by atoms with Gasteiger partial charge in [-0.05, 0) is 18.9 Å².